The lowest BCUT2D eigenvalue weighted by atomic mass is 10.0. The predicted molar refractivity (Wildman–Crippen MR) is 122 cm³/mol. The zero-order valence-corrected chi connectivity index (χ0v) is 19.0. The minimum absolute atomic E-state index is 0. The lowest BCUT2D eigenvalue weighted by molar-refractivity contribution is -0.153. The number of fused-ring (bicyclic) bond motifs is 1. The van der Waals surface area contributed by atoms with Crippen LogP contribution in [0, 0.1) is 0 Å². The van der Waals surface area contributed by atoms with Crippen LogP contribution in [-0.4, -0.2) is 41.1 Å². The fourth-order valence-electron chi connectivity index (χ4n) is 3.36. The largest absolute Gasteiger partial charge is 0.448 e. The standard InChI is InChI=1S/C21H20N2O5S2.ClH/c1-26-30-28-15-12-29-20-16(22)19(24)23(20)17(15)21(25)27-18(13-8-4-2-5-9-13)14-10-6-3-7-11-14;/h2-11,16,18,20H,12,22H2,1H3;1H/t16-,20-;/m1./s1. The molecule has 164 valence electrons. The number of amides is 1. The summed E-state index contributed by atoms with van der Waals surface area (Å²) in [6, 6.07) is 18.2. The minimum Gasteiger partial charge on any atom is -0.448 e. The van der Waals surface area contributed by atoms with Gasteiger partial charge in [-0.25, -0.2) is 4.79 Å². The van der Waals surface area contributed by atoms with Crippen molar-refractivity contribution < 1.29 is 22.7 Å². The van der Waals surface area contributed by atoms with E-state index in [1.807, 2.05) is 60.7 Å². The van der Waals surface area contributed by atoms with Crippen LogP contribution < -0.4 is 5.73 Å². The number of thioether (sulfide) groups is 1. The minimum atomic E-state index is -0.648. The maximum atomic E-state index is 13.3. The van der Waals surface area contributed by atoms with Crippen molar-refractivity contribution in [3.63, 3.8) is 0 Å². The van der Waals surface area contributed by atoms with Crippen molar-refractivity contribution in [1.29, 1.82) is 0 Å². The van der Waals surface area contributed by atoms with Gasteiger partial charge in [0.2, 0.25) is 18.2 Å². The van der Waals surface area contributed by atoms with E-state index in [9.17, 15) is 9.59 Å². The van der Waals surface area contributed by atoms with Gasteiger partial charge in [-0.1, -0.05) is 60.7 Å². The van der Waals surface area contributed by atoms with Crippen LogP contribution in [0.25, 0.3) is 0 Å². The van der Waals surface area contributed by atoms with Gasteiger partial charge in [0.15, 0.2) is 17.6 Å². The highest BCUT2D eigenvalue weighted by Gasteiger charge is 2.53. The number of hydrogen-bond donors (Lipinski definition) is 1. The first kappa shape index (κ1) is 23.5. The zero-order valence-electron chi connectivity index (χ0n) is 16.5. The van der Waals surface area contributed by atoms with Gasteiger partial charge in [-0.3, -0.25) is 13.9 Å². The second kappa shape index (κ2) is 10.4. The first-order valence-corrected chi connectivity index (χ1v) is 10.9. The Morgan fingerprint density at radius 3 is 2.26 bits per heavy atom. The van der Waals surface area contributed by atoms with Crippen LogP contribution in [0.5, 0.6) is 0 Å². The Labute approximate surface area is 195 Å². The Bertz CT molecular complexity index is 921. The SMILES string of the molecule is COSOC1=C(C(=O)OC(c2ccccc2)c2ccccc2)N2C(=O)[C@@H](N)[C@H]2SC1.Cl. The number of esters is 1. The summed E-state index contributed by atoms with van der Waals surface area (Å²) in [7, 11) is 1.45. The number of hydrogen-bond acceptors (Lipinski definition) is 8. The second-order valence-electron chi connectivity index (χ2n) is 6.63. The normalized spacial score (nSPS) is 20.0. The Morgan fingerprint density at radius 1 is 1.13 bits per heavy atom. The fourth-order valence-corrected chi connectivity index (χ4v) is 4.93. The molecule has 31 heavy (non-hydrogen) atoms. The smallest absolute Gasteiger partial charge is 0.359 e. The van der Waals surface area contributed by atoms with E-state index < -0.39 is 18.1 Å². The quantitative estimate of drug-likeness (QED) is 0.366. The highest BCUT2D eigenvalue weighted by Crippen LogP contribution is 2.41. The molecule has 2 aliphatic rings. The summed E-state index contributed by atoms with van der Waals surface area (Å²) in [6.45, 7) is 0. The molecule has 0 spiro atoms. The summed E-state index contributed by atoms with van der Waals surface area (Å²) in [4.78, 5) is 27.1. The Morgan fingerprint density at radius 2 is 1.71 bits per heavy atom. The summed E-state index contributed by atoms with van der Waals surface area (Å²) in [6.07, 6.45) is -0.637. The Hall–Kier alpha value is -2.17. The lowest BCUT2D eigenvalue weighted by Crippen LogP contribution is -2.68. The molecule has 0 saturated carbocycles. The van der Waals surface area contributed by atoms with Crippen LogP contribution in [-0.2, 0) is 22.7 Å². The molecule has 0 bridgehead atoms. The van der Waals surface area contributed by atoms with Crippen LogP contribution in [0.4, 0.5) is 0 Å². The molecule has 0 unspecified atom stereocenters. The van der Waals surface area contributed by atoms with Gasteiger partial charge in [0.05, 0.1) is 12.9 Å². The topological polar surface area (TPSA) is 91.1 Å². The van der Waals surface area contributed by atoms with E-state index in [-0.39, 0.29) is 29.4 Å². The summed E-state index contributed by atoms with van der Waals surface area (Å²) >= 11 is 2.17. The molecule has 1 amide bonds. The average Bonchev–Trinajstić information content (AvgIpc) is 2.81. The number of ether oxygens (including phenoxy) is 1. The van der Waals surface area contributed by atoms with Crippen molar-refractivity contribution in [1.82, 2.24) is 4.90 Å². The molecule has 10 heteroatoms. The monoisotopic (exact) mass is 480 g/mol. The lowest BCUT2D eigenvalue weighted by Gasteiger charge is -2.47. The number of nitrogens with two attached hydrogens (primary N) is 1. The highest BCUT2D eigenvalue weighted by atomic mass is 35.5. The van der Waals surface area contributed by atoms with Crippen molar-refractivity contribution in [2.45, 2.75) is 17.5 Å². The Balaban J connectivity index is 0.00000272. The van der Waals surface area contributed by atoms with Crippen LogP contribution in [0.1, 0.15) is 17.2 Å². The fraction of sp³-hybridized carbons (Fsp3) is 0.238. The first-order valence-electron chi connectivity index (χ1n) is 9.23. The molecule has 2 atom stereocenters. The van der Waals surface area contributed by atoms with Gasteiger partial charge in [0, 0.05) is 0 Å². The van der Waals surface area contributed by atoms with E-state index in [1.165, 1.54) is 23.8 Å². The van der Waals surface area contributed by atoms with Crippen molar-refractivity contribution in [3.8, 4) is 0 Å². The van der Waals surface area contributed by atoms with E-state index in [0.29, 0.717) is 11.5 Å². The molecular formula is C21H21ClN2O5S2. The van der Waals surface area contributed by atoms with Crippen molar-refractivity contribution in [2.75, 3.05) is 12.9 Å². The summed E-state index contributed by atoms with van der Waals surface area (Å²) in [5.74, 6) is -0.290. The van der Waals surface area contributed by atoms with Gasteiger partial charge in [-0.2, -0.15) is 0 Å². The van der Waals surface area contributed by atoms with E-state index in [2.05, 4.69) is 0 Å². The number of rotatable bonds is 7. The van der Waals surface area contributed by atoms with Crippen LogP contribution >= 0.6 is 36.5 Å². The predicted octanol–water partition coefficient (Wildman–Crippen LogP) is 3.42. The molecule has 0 aromatic heterocycles. The molecule has 0 aliphatic carbocycles. The van der Waals surface area contributed by atoms with Gasteiger partial charge >= 0.3 is 5.97 Å². The van der Waals surface area contributed by atoms with Crippen LogP contribution in [0.15, 0.2) is 72.1 Å². The molecule has 1 saturated heterocycles. The first-order chi connectivity index (χ1) is 14.6. The number of carbonyl (C=O) groups is 2. The van der Waals surface area contributed by atoms with Gasteiger partial charge < -0.3 is 14.7 Å². The Kier molecular flexibility index (Phi) is 7.90. The summed E-state index contributed by atoms with van der Waals surface area (Å²) in [5.41, 5.74) is 7.62. The molecule has 2 N–H and O–H groups in total. The third kappa shape index (κ3) is 4.70. The van der Waals surface area contributed by atoms with E-state index in [0.717, 1.165) is 23.5 Å². The van der Waals surface area contributed by atoms with Crippen LogP contribution in [0.2, 0.25) is 0 Å². The van der Waals surface area contributed by atoms with E-state index in [4.69, 9.17) is 18.8 Å². The van der Waals surface area contributed by atoms with Gasteiger partial charge in [-0.15, -0.1) is 24.2 Å². The third-order valence-corrected chi connectivity index (χ3v) is 6.48. The molecule has 2 aromatic rings. The average molecular weight is 481 g/mol. The molecule has 1 fully saturated rings. The number of β-lactam (4-membered cyclic amide) rings is 1. The van der Waals surface area contributed by atoms with E-state index in [1.54, 1.807) is 0 Å². The number of carbonyl (C=O) groups excluding carboxylic acids is 2. The zero-order chi connectivity index (χ0) is 21.1. The molecule has 2 heterocycles. The maximum Gasteiger partial charge on any atom is 0.359 e. The van der Waals surface area contributed by atoms with Gasteiger partial charge in [-0.05, 0) is 11.1 Å². The summed E-state index contributed by atoms with van der Waals surface area (Å²) < 4.78 is 16.3. The molecular weight excluding hydrogens is 460 g/mol. The molecule has 7 nitrogen and oxygen atoms in total. The van der Waals surface area contributed by atoms with Crippen LogP contribution in [0.3, 0.4) is 0 Å². The number of nitrogens with zero attached hydrogens (tertiary/aromatic N) is 1. The molecule has 0 radical (unpaired) electrons. The second-order valence-corrected chi connectivity index (χ2v) is 8.37. The molecule has 2 aromatic carbocycles. The molecule has 2 aliphatic heterocycles. The van der Waals surface area contributed by atoms with E-state index >= 15 is 0 Å². The summed E-state index contributed by atoms with van der Waals surface area (Å²) in [5, 5.41) is -0.313. The van der Waals surface area contributed by atoms with Gasteiger partial charge in [0.1, 0.15) is 11.4 Å². The van der Waals surface area contributed by atoms with Crippen molar-refractivity contribution >= 4 is 48.4 Å². The van der Waals surface area contributed by atoms with Crippen molar-refractivity contribution in [3.05, 3.63) is 83.2 Å². The molecule has 4 rings (SSSR count). The maximum absolute atomic E-state index is 13.3. The van der Waals surface area contributed by atoms with Gasteiger partial charge in [0.25, 0.3) is 0 Å². The highest BCUT2D eigenvalue weighted by molar-refractivity contribution is 8.00. The number of halogens is 1. The third-order valence-electron chi connectivity index (χ3n) is 4.80. The van der Waals surface area contributed by atoms with Crippen molar-refractivity contribution in [2.24, 2.45) is 5.73 Å². The number of benzene rings is 2.